The molecule has 1 aliphatic heterocycles. The number of carbonyl (C=O) groups excluding carboxylic acids is 2. The first kappa shape index (κ1) is 23.5. The van der Waals surface area contributed by atoms with Gasteiger partial charge >= 0.3 is 0 Å². The molecule has 4 fully saturated rings. The summed E-state index contributed by atoms with van der Waals surface area (Å²) in [5.41, 5.74) is -5.87. The quantitative estimate of drug-likeness (QED) is 0.547. The number of ketones is 1. The lowest BCUT2D eigenvalue weighted by atomic mass is 9.44. The number of H-pyrrole nitrogens is 1. The van der Waals surface area contributed by atoms with Crippen LogP contribution in [0.4, 0.5) is 8.78 Å². The molecule has 1 aromatic rings. The summed E-state index contributed by atoms with van der Waals surface area (Å²) in [7, 11) is 0. The second kappa shape index (κ2) is 7.34. The highest BCUT2D eigenvalue weighted by atomic mass is 32.1. The first-order valence-electron chi connectivity index (χ1n) is 12.1. The number of aliphatic hydroxyl groups excluding tert-OH is 1. The summed E-state index contributed by atoms with van der Waals surface area (Å²) < 4.78 is 32.9. The molecule has 1 aromatic heterocycles. The number of hydrogen-bond acceptors (Lipinski definition) is 6. The van der Waals surface area contributed by atoms with Crippen molar-refractivity contribution in [3.8, 4) is 0 Å². The van der Waals surface area contributed by atoms with Gasteiger partial charge in [0, 0.05) is 41.6 Å². The van der Waals surface area contributed by atoms with Crippen molar-refractivity contribution in [2.75, 3.05) is 6.54 Å². The van der Waals surface area contributed by atoms with E-state index in [2.05, 4.69) is 22.6 Å². The minimum absolute atomic E-state index is 0.0380. The smallest absolute Gasteiger partial charge is 0.220 e. The van der Waals surface area contributed by atoms with E-state index in [0.29, 0.717) is 25.3 Å². The van der Waals surface area contributed by atoms with Gasteiger partial charge in [0.05, 0.1) is 12.6 Å². The largest absolute Gasteiger partial charge is 0.390 e. The molecule has 5 aliphatic rings. The number of alkyl halides is 2. The molecule has 0 bridgehead atoms. The van der Waals surface area contributed by atoms with E-state index in [9.17, 15) is 14.7 Å². The molecule has 10 heteroatoms. The maximum Gasteiger partial charge on any atom is 0.220 e. The van der Waals surface area contributed by atoms with Crippen molar-refractivity contribution in [1.82, 2.24) is 15.0 Å². The average molecular weight is 506 g/mol. The third-order valence-corrected chi connectivity index (χ3v) is 10.2. The molecule has 0 aromatic carbocycles. The van der Waals surface area contributed by atoms with Gasteiger partial charge in [-0.25, -0.2) is 13.8 Å². The Labute approximate surface area is 207 Å². The molecule has 0 spiro atoms. The van der Waals surface area contributed by atoms with Crippen LogP contribution in [-0.2, 0) is 21.0 Å². The number of hydrogen-bond donors (Lipinski definition) is 3. The number of halogens is 2. The van der Waals surface area contributed by atoms with E-state index in [1.54, 1.807) is 24.4 Å². The molecular formula is C25H29F2N3O4S. The Morgan fingerprint density at radius 3 is 2.83 bits per heavy atom. The van der Waals surface area contributed by atoms with Crippen molar-refractivity contribution in [2.24, 2.45) is 28.6 Å². The SMILES string of the molecule is C[C@]12C=CC(=O)C=C1[C@@H](F)C[C@H]1[C@@H]3C[C@H]4CN(Cc5ncc[nH]5)O[C@@]4(C(=O)S)[C@@]3(C)C[C@H](O)[C@@]12F. The maximum atomic E-state index is 17.3. The average Bonchev–Trinajstić information content (AvgIpc) is 3.48. The standard InChI is InChI=1S/C25H29F2N3O4S/c1-22-4-3-14(31)8-17(22)18(26)9-16-15-7-13-11-30(12-20-28-5-6-29-20)34-25(13,21(33)35)23(15,2)10-19(32)24(16,22)27/h3-6,8,13,15-16,18-19,32H,7,9-12H2,1-2H3,(H,28,29)(H,33,35)/t13-,15-,16-,18-,19-,22-,23-,24-,25-/m0/s1. The molecule has 6 rings (SSSR count). The molecule has 3 saturated carbocycles. The van der Waals surface area contributed by atoms with Crippen molar-refractivity contribution >= 4 is 23.5 Å². The number of nitrogens with zero attached hydrogens (tertiary/aromatic N) is 2. The lowest BCUT2D eigenvalue weighted by Crippen LogP contribution is -2.70. The second-order valence-electron chi connectivity index (χ2n) is 11.3. The summed E-state index contributed by atoms with van der Waals surface area (Å²) in [5.74, 6) is -1.26. The van der Waals surface area contributed by atoms with Crippen molar-refractivity contribution in [3.63, 3.8) is 0 Å². The first-order chi connectivity index (χ1) is 16.5. The normalized spacial score (nSPS) is 48.7. The minimum atomic E-state index is -2.18. The van der Waals surface area contributed by atoms with Crippen LogP contribution < -0.4 is 0 Å². The number of aliphatic hydroxyl groups is 1. The third kappa shape index (κ3) is 2.74. The molecule has 35 heavy (non-hydrogen) atoms. The van der Waals surface area contributed by atoms with Crippen molar-refractivity contribution in [3.05, 3.63) is 42.0 Å². The number of carbonyl (C=O) groups is 2. The number of aromatic nitrogens is 2. The van der Waals surface area contributed by atoms with E-state index in [-0.39, 0.29) is 30.1 Å². The van der Waals surface area contributed by atoms with Gasteiger partial charge in [-0.15, -0.1) is 12.6 Å². The van der Waals surface area contributed by atoms with Gasteiger partial charge < -0.3 is 10.1 Å². The molecule has 9 atom stereocenters. The molecule has 1 saturated heterocycles. The number of rotatable bonds is 3. The van der Waals surface area contributed by atoms with Crippen molar-refractivity contribution in [1.29, 1.82) is 0 Å². The van der Waals surface area contributed by atoms with Gasteiger partial charge in [0.25, 0.3) is 0 Å². The first-order valence-corrected chi connectivity index (χ1v) is 12.5. The molecule has 0 unspecified atom stereocenters. The van der Waals surface area contributed by atoms with E-state index in [1.807, 2.05) is 6.92 Å². The molecule has 0 radical (unpaired) electrons. The molecule has 0 amide bonds. The zero-order chi connectivity index (χ0) is 25.0. The number of thiol groups is 1. The van der Waals surface area contributed by atoms with Crippen molar-refractivity contribution < 1.29 is 28.3 Å². The molecule has 2 N–H and O–H groups in total. The van der Waals surface area contributed by atoms with Crippen LogP contribution in [0.25, 0.3) is 0 Å². The number of aromatic amines is 1. The van der Waals surface area contributed by atoms with E-state index < -0.39 is 51.3 Å². The van der Waals surface area contributed by atoms with Gasteiger partial charge in [-0.2, -0.15) is 5.06 Å². The van der Waals surface area contributed by atoms with Crippen LogP contribution in [0.15, 0.2) is 36.2 Å². The predicted octanol–water partition coefficient (Wildman–Crippen LogP) is 2.90. The van der Waals surface area contributed by atoms with Gasteiger partial charge in [0.1, 0.15) is 12.0 Å². The van der Waals surface area contributed by atoms with E-state index in [0.717, 1.165) is 0 Å². The molecule has 7 nitrogen and oxygen atoms in total. The Bertz CT molecular complexity index is 1160. The Morgan fingerprint density at radius 1 is 1.37 bits per heavy atom. The number of nitrogens with one attached hydrogen (secondary N) is 1. The zero-order valence-corrected chi connectivity index (χ0v) is 20.5. The van der Waals surface area contributed by atoms with Crippen LogP contribution in [0.3, 0.4) is 0 Å². The highest BCUT2D eigenvalue weighted by molar-refractivity contribution is 7.96. The van der Waals surface area contributed by atoms with Gasteiger partial charge in [0.15, 0.2) is 17.1 Å². The zero-order valence-electron chi connectivity index (χ0n) is 19.6. The number of imidazole rings is 1. The lowest BCUT2D eigenvalue weighted by molar-refractivity contribution is -0.266. The Balaban J connectivity index is 1.41. The van der Waals surface area contributed by atoms with E-state index >= 15 is 8.78 Å². The summed E-state index contributed by atoms with van der Waals surface area (Å²) in [6.45, 7) is 4.18. The lowest BCUT2D eigenvalue weighted by Gasteiger charge is -2.63. The van der Waals surface area contributed by atoms with Crippen LogP contribution in [0.5, 0.6) is 0 Å². The van der Waals surface area contributed by atoms with Gasteiger partial charge in [-0.1, -0.05) is 13.0 Å². The maximum absolute atomic E-state index is 17.3. The van der Waals surface area contributed by atoms with Crippen LogP contribution in [-0.4, -0.2) is 61.1 Å². The summed E-state index contributed by atoms with van der Waals surface area (Å²) in [5, 5.41) is 12.7. The highest BCUT2D eigenvalue weighted by Gasteiger charge is 2.79. The van der Waals surface area contributed by atoms with Gasteiger partial charge in [0.2, 0.25) is 5.12 Å². The highest BCUT2D eigenvalue weighted by Crippen LogP contribution is 2.72. The summed E-state index contributed by atoms with van der Waals surface area (Å²) >= 11 is 4.25. The van der Waals surface area contributed by atoms with Gasteiger partial charge in [-0.05, 0) is 49.8 Å². The predicted molar refractivity (Wildman–Crippen MR) is 124 cm³/mol. The third-order valence-electron chi connectivity index (χ3n) is 9.88. The second-order valence-corrected chi connectivity index (χ2v) is 11.7. The monoisotopic (exact) mass is 505 g/mol. The minimum Gasteiger partial charge on any atom is -0.390 e. The van der Waals surface area contributed by atoms with Gasteiger partial charge in [-0.3, -0.25) is 14.4 Å². The van der Waals surface area contributed by atoms with E-state index in [4.69, 9.17) is 4.84 Å². The molecule has 188 valence electrons. The molecule has 4 aliphatic carbocycles. The topological polar surface area (TPSA) is 95.5 Å². The fraction of sp³-hybridized carbons (Fsp3) is 0.640. The summed E-state index contributed by atoms with van der Waals surface area (Å²) in [6, 6.07) is 0. The summed E-state index contributed by atoms with van der Waals surface area (Å²) in [4.78, 5) is 38.8. The van der Waals surface area contributed by atoms with Crippen LogP contribution >= 0.6 is 12.6 Å². The summed E-state index contributed by atoms with van der Waals surface area (Å²) in [6.07, 6.45) is 4.45. The van der Waals surface area contributed by atoms with Crippen LogP contribution in [0, 0.1) is 28.6 Å². The Morgan fingerprint density at radius 2 is 2.14 bits per heavy atom. The number of fused-ring (bicyclic) bond motifs is 7. The Hall–Kier alpha value is -1.88. The fourth-order valence-electron chi connectivity index (χ4n) is 8.33. The van der Waals surface area contributed by atoms with Crippen LogP contribution in [0.2, 0.25) is 0 Å². The van der Waals surface area contributed by atoms with Crippen LogP contribution in [0.1, 0.15) is 38.9 Å². The fourth-order valence-corrected chi connectivity index (χ4v) is 8.81. The Kier molecular flexibility index (Phi) is 4.93. The molecule has 2 heterocycles. The van der Waals surface area contributed by atoms with Crippen molar-refractivity contribution in [2.45, 2.75) is 63.2 Å². The number of hydroxylamine groups is 2. The number of allylic oxidation sites excluding steroid dienone is 4. The van der Waals surface area contributed by atoms with E-state index in [1.165, 1.54) is 18.2 Å². The molecular weight excluding hydrogens is 476 g/mol.